The van der Waals surface area contributed by atoms with Crippen LogP contribution in [0.4, 0.5) is 0 Å². The minimum atomic E-state index is -0.484. The summed E-state index contributed by atoms with van der Waals surface area (Å²) in [6, 6.07) is 10.7. The molecule has 0 unspecified atom stereocenters. The van der Waals surface area contributed by atoms with Crippen LogP contribution in [0.1, 0.15) is 12.5 Å². The molecular weight excluding hydrogens is 408 g/mol. The fraction of sp³-hybridized carbons (Fsp3) is 0.200. The lowest BCUT2D eigenvalue weighted by Gasteiger charge is -2.13. The second-order valence-electron chi connectivity index (χ2n) is 5.99. The molecule has 1 heterocycles. The van der Waals surface area contributed by atoms with E-state index in [9.17, 15) is 4.79 Å². The molecule has 2 aromatic carbocycles. The van der Waals surface area contributed by atoms with Gasteiger partial charge in [0, 0.05) is 18.1 Å². The summed E-state index contributed by atoms with van der Waals surface area (Å²) in [6.45, 7) is 1.30. The van der Waals surface area contributed by atoms with Gasteiger partial charge >= 0.3 is 5.97 Å². The van der Waals surface area contributed by atoms with Gasteiger partial charge in [-0.25, -0.2) is 5.10 Å². The Morgan fingerprint density at radius 2 is 1.73 bits per heavy atom. The third kappa shape index (κ3) is 4.49. The molecule has 0 saturated heterocycles. The summed E-state index contributed by atoms with van der Waals surface area (Å²) in [5.41, 5.74) is 1.45. The molecule has 10 heteroatoms. The predicted octanol–water partition coefficient (Wildman–Crippen LogP) is 3.44. The molecule has 0 aliphatic rings. The van der Waals surface area contributed by atoms with Crippen molar-refractivity contribution in [3.8, 4) is 34.4 Å². The molecule has 0 fully saturated rings. The van der Waals surface area contributed by atoms with Crippen LogP contribution in [0.5, 0.6) is 23.0 Å². The Kier molecular flexibility index (Phi) is 6.48. The number of carbonyl (C=O) groups is 1. The first-order chi connectivity index (χ1) is 14.5. The van der Waals surface area contributed by atoms with Crippen LogP contribution in [-0.2, 0) is 4.79 Å². The van der Waals surface area contributed by atoms with Gasteiger partial charge in [-0.3, -0.25) is 4.79 Å². The fourth-order valence-electron chi connectivity index (χ4n) is 2.67. The van der Waals surface area contributed by atoms with Crippen molar-refractivity contribution in [2.24, 2.45) is 5.10 Å². The number of benzene rings is 2. The Balaban J connectivity index is 1.99. The molecule has 3 aromatic rings. The molecule has 0 saturated carbocycles. The number of rotatable bonds is 7. The van der Waals surface area contributed by atoms with Crippen molar-refractivity contribution < 1.29 is 23.7 Å². The number of esters is 1. The molecule has 3 rings (SSSR count). The van der Waals surface area contributed by atoms with Gasteiger partial charge in [-0.1, -0.05) is 0 Å². The normalized spacial score (nSPS) is 10.8. The fourth-order valence-corrected chi connectivity index (χ4v) is 2.85. The second kappa shape index (κ2) is 9.23. The first-order valence-electron chi connectivity index (χ1n) is 8.77. The van der Waals surface area contributed by atoms with Gasteiger partial charge in [-0.2, -0.15) is 14.9 Å². The monoisotopic (exact) mass is 428 g/mol. The Hall–Kier alpha value is -3.66. The molecule has 0 amide bonds. The van der Waals surface area contributed by atoms with Gasteiger partial charge in [0.2, 0.25) is 10.5 Å². The summed E-state index contributed by atoms with van der Waals surface area (Å²) in [4.78, 5) is 11.4. The molecule has 1 aromatic heterocycles. The van der Waals surface area contributed by atoms with Gasteiger partial charge < -0.3 is 18.9 Å². The van der Waals surface area contributed by atoms with Crippen molar-refractivity contribution in [1.29, 1.82) is 0 Å². The lowest BCUT2D eigenvalue weighted by molar-refractivity contribution is -0.132. The van der Waals surface area contributed by atoms with Crippen LogP contribution < -0.4 is 18.9 Å². The summed E-state index contributed by atoms with van der Waals surface area (Å²) in [6.07, 6.45) is 1.57. The molecule has 30 heavy (non-hydrogen) atoms. The van der Waals surface area contributed by atoms with E-state index in [1.165, 1.54) is 25.8 Å². The minimum absolute atomic E-state index is 0.198. The van der Waals surface area contributed by atoms with Crippen molar-refractivity contribution in [3.63, 3.8) is 0 Å². The van der Waals surface area contributed by atoms with E-state index >= 15 is 0 Å². The molecule has 0 aliphatic carbocycles. The van der Waals surface area contributed by atoms with Crippen LogP contribution in [-0.4, -0.2) is 48.4 Å². The SMILES string of the molecule is COc1ccc(-c2n[nH]c(=S)n2N=Cc2cc(OC)c(OC(C)=O)c(OC)c2)cc1. The van der Waals surface area contributed by atoms with Gasteiger partial charge in [0.25, 0.3) is 0 Å². The molecule has 0 spiro atoms. The lowest BCUT2D eigenvalue weighted by atomic mass is 10.2. The number of carbonyl (C=O) groups excluding carboxylic acids is 1. The smallest absolute Gasteiger partial charge is 0.308 e. The minimum Gasteiger partial charge on any atom is -0.497 e. The van der Waals surface area contributed by atoms with Crippen molar-refractivity contribution >= 4 is 24.4 Å². The first kappa shape index (κ1) is 21.1. The van der Waals surface area contributed by atoms with Gasteiger partial charge in [0.15, 0.2) is 17.3 Å². The van der Waals surface area contributed by atoms with Crippen LogP contribution in [0, 0.1) is 4.77 Å². The summed E-state index contributed by atoms with van der Waals surface area (Å²) >= 11 is 5.30. The standard InChI is InChI=1S/C20H20N4O5S/c1-12(25)29-18-16(27-3)9-13(10-17(18)28-4)11-21-24-19(22-23-20(24)30)14-5-7-15(26-2)8-6-14/h5-11H,1-4H3,(H,23,30). The number of methoxy groups -OCH3 is 3. The van der Waals surface area contributed by atoms with Crippen molar-refractivity contribution in [2.45, 2.75) is 6.92 Å². The zero-order valence-electron chi connectivity index (χ0n) is 16.8. The molecule has 9 nitrogen and oxygen atoms in total. The van der Waals surface area contributed by atoms with Crippen LogP contribution in [0.2, 0.25) is 0 Å². The van der Waals surface area contributed by atoms with Crippen molar-refractivity contribution in [2.75, 3.05) is 21.3 Å². The quantitative estimate of drug-likeness (QED) is 0.266. The van der Waals surface area contributed by atoms with E-state index in [4.69, 9.17) is 31.2 Å². The van der Waals surface area contributed by atoms with Crippen molar-refractivity contribution in [1.82, 2.24) is 14.9 Å². The zero-order valence-corrected chi connectivity index (χ0v) is 17.6. The van der Waals surface area contributed by atoms with Crippen LogP contribution >= 0.6 is 12.2 Å². The van der Waals surface area contributed by atoms with Crippen LogP contribution in [0.25, 0.3) is 11.4 Å². The van der Waals surface area contributed by atoms with E-state index in [0.29, 0.717) is 27.7 Å². The van der Waals surface area contributed by atoms with Gasteiger partial charge in [0.1, 0.15) is 5.75 Å². The number of H-pyrrole nitrogens is 1. The van der Waals surface area contributed by atoms with E-state index in [-0.39, 0.29) is 5.75 Å². The Bertz CT molecular complexity index is 1110. The summed E-state index contributed by atoms with van der Waals surface area (Å²) < 4.78 is 22.9. The van der Waals surface area contributed by atoms with E-state index < -0.39 is 5.97 Å². The average molecular weight is 428 g/mol. The highest BCUT2D eigenvalue weighted by Gasteiger charge is 2.16. The van der Waals surface area contributed by atoms with Gasteiger partial charge in [0.05, 0.1) is 27.5 Å². The first-order valence-corrected chi connectivity index (χ1v) is 9.18. The van der Waals surface area contributed by atoms with E-state index in [1.807, 2.05) is 24.3 Å². The number of hydrogen-bond acceptors (Lipinski definition) is 8. The average Bonchev–Trinajstić information content (AvgIpc) is 3.12. The highest BCUT2D eigenvalue weighted by atomic mass is 32.1. The number of aromatic nitrogens is 3. The Morgan fingerprint density at radius 1 is 1.10 bits per heavy atom. The summed E-state index contributed by atoms with van der Waals surface area (Å²) in [5, 5.41) is 11.4. The maximum Gasteiger partial charge on any atom is 0.308 e. The molecule has 0 atom stereocenters. The number of ether oxygens (including phenoxy) is 4. The van der Waals surface area contributed by atoms with Crippen molar-refractivity contribution in [3.05, 3.63) is 46.7 Å². The van der Waals surface area contributed by atoms with Gasteiger partial charge in [-0.15, -0.1) is 0 Å². The second-order valence-corrected chi connectivity index (χ2v) is 6.37. The largest absolute Gasteiger partial charge is 0.497 e. The summed E-state index contributed by atoms with van der Waals surface area (Å²) in [5.74, 6) is 1.64. The number of hydrogen-bond donors (Lipinski definition) is 1. The lowest BCUT2D eigenvalue weighted by Crippen LogP contribution is -2.05. The number of aromatic amines is 1. The number of nitrogens with zero attached hydrogens (tertiary/aromatic N) is 3. The maximum absolute atomic E-state index is 11.4. The zero-order chi connectivity index (χ0) is 21.7. The topological polar surface area (TPSA) is 100.0 Å². The Labute approximate surface area is 177 Å². The van der Waals surface area contributed by atoms with Crippen LogP contribution in [0.3, 0.4) is 0 Å². The number of nitrogens with one attached hydrogen (secondary N) is 1. The maximum atomic E-state index is 11.4. The molecule has 0 aliphatic heterocycles. The highest BCUT2D eigenvalue weighted by Crippen LogP contribution is 2.38. The van der Waals surface area contributed by atoms with E-state index in [1.54, 1.807) is 25.5 Å². The van der Waals surface area contributed by atoms with Crippen LogP contribution in [0.15, 0.2) is 41.5 Å². The van der Waals surface area contributed by atoms with E-state index in [2.05, 4.69) is 15.3 Å². The van der Waals surface area contributed by atoms with E-state index in [0.717, 1.165) is 11.3 Å². The third-order valence-corrected chi connectivity index (χ3v) is 4.31. The Morgan fingerprint density at radius 3 is 2.27 bits per heavy atom. The molecule has 0 bridgehead atoms. The third-order valence-electron chi connectivity index (χ3n) is 4.05. The summed E-state index contributed by atoms with van der Waals surface area (Å²) in [7, 11) is 4.54. The predicted molar refractivity (Wildman–Crippen MR) is 113 cm³/mol. The molecule has 1 N–H and O–H groups in total. The highest BCUT2D eigenvalue weighted by molar-refractivity contribution is 7.71. The molecule has 156 valence electrons. The van der Waals surface area contributed by atoms with Gasteiger partial charge in [-0.05, 0) is 48.6 Å². The molecular formula is C20H20N4O5S. The molecule has 0 radical (unpaired) electrons.